The van der Waals surface area contributed by atoms with Crippen LogP contribution in [-0.4, -0.2) is 23.5 Å². The molecular weight excluding hydrogens is 290 g/mol. The zero-order chi connectivity index (χ0) is 16.4. The van der Waals surface area contributed by atoms with Crippen molar-refractivity contribution in [3.8, 4) is 0 Å². The Morgan fingerprint density at radius 1 is 1.13 bits per heavy atom. The van der Waals surface area contributed by atoms with Crippen molar-refractivity contribution >= 4 is 11.9 Å². The molecule has 0 bridgehead atoms. The monoisotopic (exact) mass is 315 g/mol. The van der Waals surface area contributed by atoms with Gasteiger partial charge in [-0.1, -0.05) is 24.3 Å². The number of hydrogen-bond acceptors (Lipinski definition) is 2. The zero-order valence-electron chi connectivity index (χ0n) is 13.7. The zero-order valence-corrected chi connectivity index (χ0v) is 13.7. The highest BCUT2D eigenvalue weighted by molar-refractivity contribution is 5.79. The maximum absolute atomic E-state index is 12.4. The summed E-state index contributed by atoms with van der Waals surface area (Å²) in [6.45, 7) is 2.83. The van der Waals surface area contributed by atoms with Crippen molar-refractivity contribution in [3.63, 3.8) is 0 Å². The number of benzene rings is 1. The molecule has 2 saturated carbocycles. The number of nitrogens with one attached hydrogen (secondary N) is 1. The minimum atomic E-state index is -0.722. The van der Waals surface area contributed by atoms with Gasteiger partial charge in [-0.25, -0.2) is 0 Å². The molecule has 0 aromatic heterocycles. The number of carboxylic acid groups (broad SMARTS) is 1. The number of aliphatic carboxylic acids is 1. The summed E-state index contributed by atoms with van der Waals surface area (Å²) in [5, 5.41) is 12.2. The van der Waals surface area contributed by atoms with Crippen molar-refractivity contribution in [2.75, 3.05) is 6.54 Å². The molecule has 0 aliphatic heterocycles. The first-order valence-corrected chi connectivity index (χ1v) is 8.58. The van der Waals surface area contributed by atoms with E-state index in [9.17, 15) is 9.59 Å². The summed E-state index contributed by atoms with van der Waals surface area (Å²) in [7, 11) is 0. The van der Waals surface area contributed by atoms with Gasteiger partial charge in [0.1, 0.15) is 0 Å². The van der Waals surface area contributed by atoms with Crippen molar-refractivity contribution in [2.24, 2.45) is 11.8 Å². The summed E-state index contributed by atoms with van der Waals surface area (Å²) in [5.74, 6) is -0.895. The Balaban J connectivity index is 1.54. The molecule has 23 heavy (non-hydrogen) atoms. The maximum atomic E-state index is 12.4. The van der Waals surface area contributed by atoms with E-state index in [0.29, 0.717) is 32.2 Å². The van der Waals surface area contributed by atoms with Gasteiger partial charge in [0.15, 0.2) is 0 Å². The minimum absolute atomic E-state index is 0.0155. The first-order valence-electron chi connectivity index (χ1n) is 8.58. The summed E-state index contributed by atoms with van der Waals surface area (Å²) in [4.78, 5) is 23.4. The quantitative estimate of drug-likeness (QED) is 0.877. The van der Waals surface area contributed by atoms with Gasteiger partial charge in [-0.05, 0) is 56.6 Å². The fourth-order valence-corrected chi connectivity index (χ4v) is 3.86. The van der Waals surface area contributed by atoms with Crippen LogP contribution in [0.3, 0.4) is 0 Å². The first kappa shape index (κ1) is 16.0. The SMILES string of the molecule is Cc1ccccc1C1(CNC(=O)C2CCC(C(=O)O)CC2)CC1. The molecule has 124 valence electrons. The molecule has 2 aliphatic rings. The average molecular weight is 315 g/mol. The third-order valence-electron chi connectivity index (χ3n) is 5.62. The Morgan fingerprint density at radius 2 is 1.74 bits per heavy atom. The van der Waals surface area contributed by atoms with Crippen molar-refractivity contribution in [1.82, 2.24) is 5.32 Å². The Kier molecular flexibility index (Phi) is 4.42. The summed E-state index contributed by atoms with van der Waals surface area (Å²) >= 11 is 0. The maximum Gasteiger partial charge on any atom is 0.306 e. The summed E-state index contributed by atoms with van der Waals surface area (Å²) < 4.78 is 0. The highest BCUT2D eigenvalue weighted by atomic mass is 16.4. The van der Waals surface area contributed by atoms with E-state index in [4.69, 9.17) is 5.11 Å². The van der Waals surface area contributed by atoms with Gasteiger partial charge in [0, 0.05) is 17.9 Å². The van der Waals surface area contributed by atoms with Gasteiger partial charge < -0.3 is 10.4 Å². The second kappa shape index (κ2) is 6.34. The van der Waals surface area contributed by atoms with Gasteiger partial charge in [-0.3, -0.25) is 9.59 Å². The Bertz CT molecular complexity index is 598. The van der Waals surface area contributed by atoms with Crippen LogP contribution in [0.4, 0.5) is 0 Å². The fraction of sp³-hybridized carbons (Fsp3) is 0.579. The molecule has 0 spiro atoms. The van der Waals surface area contributed by atoms with Gasteiger partial charge in [0.2, 0.25) is 5.91 Å². The Labute approximate surface area is 137 Å². The van der Waals surface area contributed by atoms with Crippen LogP contribution >= 0.6 is 0 Å². The molecule has 0 radical (unpaired) electrons. The average Bonchev–Trinajstić information content (AvgIpc) is 3.34. The number of amides is 1. The van der Waals surface area contributed by atoms with Crippen LogP contribution in [-0.2, 0) is 15.0 Å². The smallest absolute Gasteiger partial charge is 0.306 e. The second-order valence-corrected chi connectivity index (χ2v) is 7.20. The third-order valence-corrected chi connectivity index (χ3v) is 5.62. The van der Waals surface area contributed by atoms with Crippen LogP contribution in [0.15, 0.2) is 24.3 Å². The molecule has 2 aliphatic carbocycles. The number of aryl methyl sites for hydroxylation is 1. The molecule has 1 aromatic rings. The van der Waals surface area contributed by atoms with E-state index < -0.39 is 5.97 Å². The van der Waals surface area contributed by atoms with Crippen LogP contribution < -0.4 is 5.32 Å². The van der Waals surface area contributed by atoms with E-state index in [-0.39, 0.29) is 23.2 Å². The number of carboxylic acids is 1. The van der Waals surface area contributed by atoms with Gasteiger partial charge in [0.05, 0.1) is 5.92 Å². The van der Waals surface area contributed by atoms with E-state index in [0.717, 1.165) is 12.8 Å². The molecule has 1 aromatic carbocycles. The number of carbonyl (C=O) groups is 2. The number of hydrogen-bond donors (Lipinski definition) is 2. The lowest BCUT2D eigenvalue weighted by atomic mass is 9.81. The molecule has 4 heteroatoms. The number of carbonyl (C=O) groups excluding carboxylic acids is 1. The van der Waals surface area contributed by atoms with Crippen LogP contribution in [0.2, 0.25) is 0 Å². The van der Waals surface area contributed by atoms with Gasteiger partial charge >= 0.3 is 5.97 Å². The largest absolute Gasteiger partial charge is 0.481 e. The number of rotatable bonds is 5. The molecule has 0 saturated heterocycles. The van der Waals surface area contributed by atoms with Crippen molar-refractivity contribution < 1.29 is 14.7 Å². The van der Waals surface area contributed by atoms with Crippen molar-refractivity contribution in [1.29, 1.82) is 0 Å². The van der Waals surface area contributed by atoms with Gasteiger partial charge in [-0.15, -0.1) is 0 Å². The summed E-state index contributed by atoms with van der Waals surface area (Å²) in [6.07, 6.45) is 4.89. The Hall–Kier alpha value is -1.84. The highest BCUT2D eigenvalue weighted by Crippen LogP contribution is 2.48. The van der Waals surface area contributed by atoms with Crippen LogP contribution in [0.5, 0.6) is 0 Å². The summed E-state index contributed by atoms with van der Waals surface area (Å²) in [6, 6.07) is 8.42. The molecule has 4 nitrogen and oxygen atoms in total. The van der Waals surface area contributed by atoms with Gasteiger partial charge in [-0.2, -0.15) is 0 Å². The molecule has 3 rings (SSSR count). The predicted molar refractivity (Wildman–Crippen MR) is 88.2 cm³/mol. The molecule has 0 atom stereocenters. The van der Waals surface area contributed by atoms with Crippen molar-refractivity contribution in [2.45, 2.75) is 50.9 Å². The molecule has 0 unspecified atom stereocenters. The van der Waals surface area contributed by atoms with E-state index >= 15 is 0 Å². The highest BCUT2D eigenvalue weighted by Gasteiger charge is 2.45. The standard InChI is InChI=1S/C19H25NO3/c1-13-4-2-3-5-16(13)19(10-11-19)12-20-17(21)14-6-8-15(9-7-14)18(22)23/h2-5,14-15H,6-12H2,1H3,(H,20,21)(H,22,23). The lowest BCUT2D eigenvalue weighted by Gasteiger charge is -2.26. The molecule has 1 amide bonds. The molecule has 0 heterocycles. The molecule has 2 fully saturated rings. The predicted octanol–water partition coefficient (Wildman–Crippen LogP) is 3.03. The summed E-state index contributed by atoms with van der Waals surface area (Å²) in [5.41, 5.74) is 2.77. The molecular formula is C19H25NO3. The van der Waals surface area contributed by atoms with Crippen LogP contribution in [0.25, 0.3) is 0 Å². The van der Waals surface area contributed by atoms with Crippen LogP contribution in [0.1, 0.15) is 49.7 Å². The van der Waals surface area contributed by atoms with Gasteiger partial charge in [0.25, 0.3) is 0 Å². The topological polar surface area (TPSA) is 66.4 Å². The lowest BCUT2D eigenvalue weighted by Crippen LogP contribution is -2.38. The lowest BCUT2D eigenvalue weighted by molar-refractivity contribution is -0.144. The van der Waals surface area contributed by atoms with E-state index in [1.54, 1.807) is 0 Å². The van der Waals surface area contributed by atoms with E-state index in [1.165, 1.54) is 11.1 Å². The van der Waals surface area contributed by atoms with E-state index in [2.05, 4.69) is 30.4 Å². The fourth-order valence-electron chi connectivity index (χ4n) is 3.86. The van der Waals surface area contributed by atoms with E-state index in [1.807, 2.05) is 6.07 Å². The Morgan fingerprint density at radius 3 is 2.30 bits per heavy atom. The second-order valence-electron chi connectivity index (χ2n) is 7.20. The third kappa shape index (κ3) is 3.41. The van der Waals surface area contributed by atoms with Crippen LogP contribution in [0, 0.1) is 18.8 Å². The molecule has 2 N–H and O–H groups in total. The first-order chi connectivity index (χ1) is 11.0. The van der Waals surface area contributed by atoms with Crippen molar-refractivity contribution in [3.05, 3.63) is 35.4 Å². The minimum Gasteiger partial charge on any atom is -0.481 e. The normalized spacial score (nSPS) is 25.6.